The van der Waals surface area contributed by atoms with Gasteiger partial charge in [0.25, 0.3) is 0 Å². The number of nitrogens with zero attached hydrogens (tertiary/aromatic N) is 1. The highest BCUT2D eigenvalue weighted by atomic mass is 16.3. The predicted molar refractivity (Wildman–Crippen MR) is 75.3 cm³/mol. The van der Waals surface area contributed by atoms with Gasteiger partial charge >= 0.3 is 6.03 Å². The van der Waals surface area contributed by atoms with E-state index in [1.807, 2.05) is 32.0 Å². The number of hydrogen-bond acceptors (Lipinski definition) is 3. The van der Waals surface area contributed by atoms with E-state index < -0.39 is 0 Å². The Bertz CT molecular complexity index is 415. The fourth-order valence-electron chi connectivity index (χ4n) is 1.94. The van der Waals surface area contributed by atoms with Gasteiger partial charge in [-0.1, -0.05) is 25.1 Å². The summed E-state index contributed by atoms with van der Waals surface area (Å²) >= 11 is 0. The molecule has 2 amide bonds. The number of rotatable bonds is 6. The molecule has 1 aromatic rings. The summed E-state index contributed by atoms with van der Waals surface area (Å²) in [5, 5.41) is 20.7. The molecule has 0 spiro atoms. The molecule has 106 valence electrons. The van der Waals surface area contributed by atoms with Crippen molar-refractivity contribution in [2.75, 3.05) is 31.6 Å². The zero-order valence-corrected chi connectivity index (χ0v) is 11.5. The van der Waals surface area contributed by atoms with Crippen LogP contribution in [0, 0.1) is 6.92 Å². The summed E-state index contributed by atoms with van der Waals surface area (Å²) in [6.45, 7) is 4.14. The minimum Gasteiger partial charge on any atom is -0.395 e. The first-order valence-electron chi connectivity index (χ1n) is 6.50. The van der Waals surface area contributed by atoms with Crippen LogP contribution in [0.15, 0.2) is 18.2 Å². The number of hydrogen-bond donors (Lipinski definition) is 3. The van der Waals surface area contributed by atoms with Crippen LogP contribution in [0.2, 0.25) is 0 Å². The summed E-state index contributed by atoms with van der Waals surface area (Å²) in [6.07, 6.45) is 0.831. The number of nitrogens with one attached hydrogen (secondary N) is 1. The lowest BCUT2D eigenvalue weighted by molar-refractivity contribution is 0.167. The van der Waals surface area contributed by atoms with Crippen molar-refractivity contribution in [3.05, 3.63) is 29.3 Å². The molecule has 19 heavy (non-hydrogen) atoms. The zero-order chi connectivity index (χ0) is 14.3. The summed E-state index contributed by atoms with van der Waals surface area (Å²) in [5.41, 5.74) is 2.89. The van der Waals surface area contributed by atoms with Gasteiger partial charge in [0.2, 0.25) is 0 Å². The summed E-state index contributed by atoms with van der Waals surface area (Å²) < 4.78 is 0. The highest BCUT2D eigenvalue weighted by Gasteiger charge is 2.14. The van der Waals surface area contributed by atoms with Crippen LogP contribution in [0.4, 0.5) is 10.5 Å². The van der Waals surface area contributed by atoms with Crippen molar-refractivity contribution in [1.82, 2.24) is 4.90 Å². The van der Waals surface area contributed by atoms with Gasteiger partial charge in [-0.3, -0.25) is 0 Å². The maximum atomic E-state index is 12.1. The molecule has 0 aromatic heterocycles. The van der Waals surface area contributed by atoms with E-state index in [9.17, 15) is 4.79 Å². The lowest BCUT2D eigenvalue weighted by Crippen LogP contribution is -2.39. The number of aryl methyl sites for hydroxylation is 2. The lowest BCUT2D eigenvalue weighted by atomic mass is 10.1. The van der Waals surface area contributed by atoms with Crippen molar-refractivity contribution in [3.8, 4) is 0 Å². The third kappa shape index (κ3) is 4.22. The number of para-hydroxylation sites is 1. The standard InChI is InChI=1S/C14H22N2O3/c1-3-12-6-4-5-11(2)13(12)15-14(19)16(7-9-17)8-10-18/h4-6,17-18H,3,7-10H2,1-2H3,(H,15,19). The summed E-state index contributed by atoms with van der Waals surface area (Å²) in [7, 11) is 0. The summed E-state index contributed by atoms with van der Waals surface area (Å²) in [5.74, 6) is 0. The van der Waals surface area contributed by atoms with E-state index in [0.29, 0.717) is 0 Å². The molecule has 3 N–H and O–H groups in total. The third-order valence-corrected chi connectivity index (χ3v) is 3.00. The number of aliphatic hydroxyl groups excluding tert-OH is 2. The predicted octanol–water partition coefficient (Wildman–Crippen LogP) is 1.38. The Morgan fingerprint density at radius 1 is 1.26 bits per heavy atom. The number of anilines is 1. The van der Waals surface area contributed by atoms with Gasteiger partial charge in [-0.15, -0.1) is 0 Å². The molecular formula is C14H22N2O3. The maximum Gasteiger partial charge on any atom is 0.322 e. The van der Waals surface area contributed by atoms with Crippen molar-refractivity contribution >= 4 is 11.7 Å². The summed E-state index contributed by atoms with van der Waals surface area (Å²) in [6, 6.07) is 5.58. The molecule has 5 heteroatoms. The lowest BCUT2D eigenvalue weighted by Gasteiger charge is -2.22. The normalized spacial score (nSPS) is 10.3. The third-order valence-electron chi connectivity index (χ3n) is 3.00. The Hall–Kier alpha value is -1.59. The number of carbonyl (C=O) groups is 1. The molecule has 0 radical (unpaired) electrons. The van der Waals surface area contributed by atoms with E-state index in [2.05, 4.69) is 5.32 Å². The van der Waals surface area contributed by atoms with Gasteiger partial charge in [-0.2, -0.15) is 0 Å². The van der Waals surface area contributed by atoms with E-state index in [0.717, 1.165) is 23.2 Å². The second-order valence-corrected chi connectivity index (χ2v) is 4.33. The Morgan fingerprint density at radius 2 is 1.89 bits per heavy atom. The number of amides is 2. The van der Waals surface area contributed by atoms with Crippen molar-refractivity contribution in [2.24, 2.45) is 0 Å². The minimum atomic E-state index is -0.299. The number of aliphatic hydroxyl groups is 2. The highest BCUT2D eigenvalue weighted by molar-refractivity contribution is 5.91. The van der Waals surface area contributed by atoms with Crippen molar-refractivity contribution in [1.29, 1.82) is 0 Å². The van der Waals surface area contributed by atoms with Gasteiger partial charge in [0.15, 0.2) is 0 Å². The van der Waals surface area contributed by atoms with Crippen LogP contribution in [-0.2, 0) is 6.42 Å². The molecule has 0 saturated carbocycles. The Balaban J connectivity index is 2.85. The van der Waals surface area contributed by atoms with Gasteiger partial charge in [0, 0.05) is 18.8 Å². The Labute approximate surface area is 113 Å². The van der Waals surface area contributed by atoms with Gasteiger partial charge < -0.3 is 20.4 Å². The molecule has 0 heterocycles. The van der Waals surface area contributed by atoms with E-state index >= 15 is 0 Å². The van der Waals surface area contributed by atoms with Crippen LogP contribution >= 0.6 is 0 Å². The monoisotopic (exact) mass is 266 g/mol. The van der Waals surface area contributed by atoms with Crippen LogP contribution < -0.4 is 5.32 Å². The quantitative estimate of drug-likeness (QED) is 0.728. The fourth-order valence-corrected chi connectivity index (χ4v) is 1.94. The SMILES string of the molecule is CCc1cccc(C)c1NC(=O)N(CCO)CCO. The largest absolute Gasteiger partial charge is 0.395 e. The molecule has 0 aliphatic rings. The van der Waals surface area contributed by atoms with Gasteiger partial charge in [-0.25, -0.2) is 4.79 Å². The van der Waals surface area contributed by atoms with E-state index in [4.69, 9.17) is 10.2 Å². The average Bonchev–Trinajstić information content (AvgIpc) is 2.40. The second kappa shape index (κ2) is 7.76. The topological polar surface area (TPSA) is 72.8 Å². The first kappa shape index (κ1) is 15.5. The van der Waals surface area contributed by atoms with Crippen molar-refractivity contribution in [2.45, 2.75) is 20.3 Å². The number of carbonyl (C=O) groups excluding carboxylic acids is 1. The molecule has 0 atom stereocenters. The molecule has 0 fully saturated rings. The molecule has 0 unspecified atom stereocenters. The molecule has 1 aromatic carbocycles. The van der Waals surface area contributed by atoms with Gasteiger partial charge in [-0.05, 0) is 24.5 Å². The van der Waals surface area contributed by atoms with Crippen LogP contribution in [-0.4, -0.2) is 47.4 Å². The molecule has 0 saturated heterocycles. The zero-order valence-electron chi connectivity index (χ0n) is 11.5. The van der Waals surface area contributed by atoms with E-state index in [-0.39, 0.29) is 32.3 Å². The molecule has 0 aliphatic carbocycles. The Morgan fingerprint density at radius 3 is 2.42 bits per heavy atom. The first-order chi connectivity index (χ1) is 9.13. The molecule has 0 aliphatic heterocycles. The number of benzene rings is 1. The number of urea groups is 1. The van der Waals surface area contributed by atoms with Crippen LogP contribution in [0.1, 0.15) is 18.1 Å². The first-order valence-corrected chi connectivity index (χ1v) is 6.50. The smallest absolute Gasteiger partial charge is 0.322 e. The van der Waals surface area contributed by atoms with Crippen LogP contribution in [0.5, 0.6) is 0 Å². The van der Waals surface area contributed by atoms with Crippen LogP contribution in [0.25, 0.3) is 0 Å². The van der Waals surface area contributed by atoms with E-state index in [1.54, 1.807) is 0 Å². The summed E-state index contributed by atoms with van der Waals surface area (Å²) in [4.78, 5) is 13.5. The highest BCUT2D eigenvalue weighted by Crippen LogP contribution is 2.21. The van der Waals surface area contributed by atoms with E-state index in [1.165, 1.54) is 4.90 Å². The molecule has 5 nitrogen and oxygen atoms in total. The van der Waals surface area contributed by atoms with Crippen molar-refractivity contribution < 1.29 is 15.0 Å². The average molecular weight is 266 g/mol. The molecule has 0 bridgehead atoms. The Kier molecular flexibility index (Phi) is 6.32. The van der Waals surface area contributed by atoms with Crippen LogP contribution in [0.3, 0.4) is 0 Å². The van der Waals surface area contributed by atoms with Gasteiger partial charge in [0.1, 0.15) is 0 Å². The maximum absolute atomic E-state index is 12.1. The minimum absolute atomic E-state index is 0.123. The fraction of sp³-hybridized carbons (Fsp3) is 0.500. The molecular weight excluding hydrogens is 244 g/mol. The van der Waals surface area contributed by atoms with Gasteiger partial charge in [0.05, 0.1) is 13.2 Å². The second-order valence-electron chi connectivity index (χ2n) is 4.33. The van der Waals surface area contributed by atoms with Crippen molar-refractivity contribution in [3.63, 3.8) is 0 Å². The molecule has 1 rings (SSSR count).